The largest absolute Gasteiger partial charge is 0.355 e. The lowest BCUT2D eigenvalue weighted by Gasteiger charge is -2.13. The first-order chi connectivity index (χ1) is 15.2. The molecule has 2 heterocycles. The molecular formula is C25H26N4OS. The lowest BCUT2D eigenvalue weighted by molar-refractivity contribution is -0.118. The van der Waals surface area contributed by atoms with Gasteiger partial charge in [0.2, 0.25) is 5.91 Å². The molecule has 5 nitrogen and oxygen atoms in total. The minimum absolute atomic E-state index is 0.0609. The SMILES string of the molecule is C[C@H](CNC(=O)CSCc1cnn(-c2ccccc2)c1-n1cccc1)c1ccccc1. The summed E-state index contributed by atoms with van der Waals surface area (Å²) in [6.07, 6.45) is 5.93. The second-order valence-corrected chi connectivity index (χ2v) is 8.43. The summed E-state index contributed by atoms with van der Waals surface area (Å²) in [4.78, 5) is 12.4. The number of carbonyl (C=O) groups excluding carboxylic acids is 1. The predicted molar refractivity (Wildman–Crippen MR) is 127 cm³/mol. The van der Waals surface area contributed by atoms with Crippen molar-refractivity contribution in [3.63, 3.8) is 0 Å². The molecular weight excluding hydrogens is 404 g/mol. The Morgan fingerprint density at radius 2 is 1.68 bits per heavy atom. The van der Waals surface area contributed by atoms with Gasteiger partial charge in [-0.15, -0.1) is 11.8 Å². The molecule has 0 spiro atoms. The number of hydrogen-bond donors (Lipinski definition) is 1. The number of nitrogens with one attached hydrogen (secondary N) is 1. The molecule has 1 atom stereocenters. The zero-order valence-corrected chi connectivity index (χ0v) is 18.3. The molecule has 31 heavy (non-hydrogen) atoms. The molecule has 1 N–H and O–H groups in total. The summed E-state index contributed by atoms with van der Waals surface area (Å²) >= 11 is 1.60. The molecule has 2 aromatic carbocycles. The van der Waals surface area contributed by atoms with E-state index < -0.39 is 0 Å². The Morgan fingerprint density at radius 3 is 2.39 bits per heavy atom. The van der Waals surface area contributed by atoms with Gasteiger partial charge in [-0.2, -0.15) is 5.10 Å². The number of thioether (sulfide) groups is 1. The third-order valence-electron chi connectivity index (χ3n) is 5.13. The monoisotopic (exact) mass is 430 g/mol. The molecule has 2 aromatic heterocycles. The fraction of sp³-hybridized carbons (Fsp3) is 0.200. The standard InChI is InChI=1S/C25H26N4OS/c1-20(21-10-4-2-5-11-21)16-26-24(30)19-31-18-22-17-27-29(23-12-6-3-7-13-23)25(22)28-14-8-9-15-28/h2-15,17,20H,16,18-19H2,1H3,(H,26,30)/t20-/m1/s1. The lowest BCUT2D eigenvalue weighted by atomic mass is 10.0. The van der Waals surface area contributed by atoms with Crippen LogP contribution in [0.25, 0.3) is 11.5 Å². The Labute approximate surface area is 187 Å². The first-order valence-corrected chi connectivity index (χ1v) is 11.5. The van der Waals surface area contributed by atoms with Gasteiger partial charge in [0.15, 0.2) is 0 Å². The van der Waals surface area contributed by atoms with E-state index in [0.717, 1.165) is 17.1 Å². The summed E-state index contributed by atoms with van der Waals surface area (Å²) in [6.45, 7) is 2.77. The highest BCUT2D eigenvalue weighted by Gasteiger charge is 2.15. The van der Waals surface area contributed by atoms with Crippen molar-refractivity contribution in [2.45, 2.75) is 18.6 Å². The molecule has 0 saturated heterocycles. The number of benzene rings is 2. The smallest absolute Gasteiger partial charge is 0.230 e. The summed E-state index contributed by atoms with van der Waals surface area (Å²) in [6, 6.07) is 24.3. The van der Waals surface area contributed by atoms with Crippen molar-refractivity contribution in [1.29, 1.82) is 0 Å². The van der Waals surface area contributed by atoms with E-state index in [0.29, 0.717) is 24.0 Å². The van der Waals surface area contributed by atoms with Crippen molar-refractivity contribution in [2.24, 2.45) is 0 Å². The first-order valence-electron chi connectivity index (χ1n) is 10.4. The van der Waals surface area contributed by atoms with Gasteiger partial charge in [-0.05, 0) is 35.7 Å². The van der Waals surface area contributed by atoms with Crippen LogP contribution in [0.2, 0.25) is 0 Å². The highest BCUT2D eigenvalue weighted by Crippen LogP contribution is 2.23. The molecule has 0 aliphatic heterocycles. The molecule has 0 unspecified atom stereocenters. The van der Waals surface area contributed by atoms with Crippen LogP contribution in [0.15, 0.2) is 91.4 Å². The van der Waals surface area contributed by atoms with Crippen molar-refractivity contribution in [3.05, 3.63) is 103 Å². The van der Waals surface area contributed by atoms with Crippen LogP contribution in [-0.4, -0.2) is 32.6 Å². The number of carbonyl (C=O) groups is 1. The van der Waals surface area contributed by atoms with Crippen LogP contribution in [0.5, 0.6) is 0 Å². The third kappa shape index (κ3) is 5.27. The Hall–Kier alpha value is -3.25. The average molecular weight is 431 g/mol. The topological polar surface area (TPSA) is 51.9 Å². The molecule has 0 bridgehead atoms. The van der Waals surface area contributed by atoms with Crippen molar-refractivity contribution < 1.29 is 4.79 Å². The number of para-hydroxylation sites is 1. The summed E-state index contributed by atoms with van der Waals surface area (Å²) in [7, 11) is 0. The Kier molecular flexibility index (Phi) is 6.89. The molecule has 0 aliphatic rings. The van der Waals surface area contributed by atoms with Crippen molar-refractivity contribution in [1.82, 2.24) is 19.7 Å². The second-order valence-electron chi connectivity index (χ2n) is 7.44. The maximum absolute atomic E-state index is 12.4. The Morgan fingerprint density at radius 1 is 1.00 bits per heavy atom. The summed E-state index contributed by atoms with van der Waals surface area (Å²) < 4.78 is 4.01. The second kappa shape index (κ2) is 10.2. The van der Waals surface area contributed by atoms with E-state index in [2.05, 4.69) is 34.0 Å². The maximum Gasteiger partial charge on any atom is 0.230 e. The molecule has 0 fully saturated rings. The van der Waals surface area contributed by atoms with Crippen LogP contribution in [-0.2, 0) is 10.5 Å². The number of rotatable bonds is 9. The van der Waals surface area contributed by atoms with Gasteiger partial charge in [-0.25, -0.2) is 4.68 Å². The molecule has 0 saturated carbocycles. The fourth-order valence-electron chi connectivity index (χ4n) is 3.46. The van der Waals surface area contributed by atoms with Crippen LogP contribution >= 0.6 is 11.8 Å². The number of hydrogen-bond acceptors (Lipinski definition) is 3. The quantitative estimate of drug-likeness (QED) is 0.414. The van der Waals surface area contributed by atoms with E-state index in [9.17, 15) is 4.79 Å². The highest BCUT2D eigenvalue weighted by atomic mass is 32.2. The van der Waals surface area contributed by atoms with Gasteiger partial charge < -0.3 is 9.88 Å². The third-order valence-corrected chi connectivity index (χ3v) is 6.11. The van der Waals surface area contributed by atoms with Crippen LogP contribution in [0, 0.1) is 0 Å². The molecule has 1 amide bonds. The normalized spacial score (nSPS) is 11.9. The van der Waals surface area contributed by atoms with Crippen LogP contribution in [0.4, 0.5) is 0 Å². The molecule has 0 aliphatic carbocycles. The van der Waals surface area contributed by atoms with Gasteiger partial charge in [0.1, 0.15) is 5.82 Å². The molecule has 6 heteroatoms. The Balaban J connectivity index is 1.36. The summed E-state index contributed by atoms with van der Waals surface area (Å²) in [5.41, 5.74) is 3.34. The van der Waals surface area contributed by atoms with E-state index in [1.165, 1.54) is 5.56 Å². The van der Waals surface area contributed by atoms with Gasteiger partial charge in [0.05, 0.1) is 17.6 Å². The van der Waals surface area contributed by atoms with E-state index >= 15 is 0 Å². The van der Waals surface area contributed by atoms with Crippen LogP contribution in [0.1, 0.15) is 24.0 Å². The van der Waals surface area contributed by atoms with E-state index in [-0.39, 0.29) is 5.91 Å². The minimum Gasteiger partial charge on any atom is -0.355 e. The molecule has 158 valence electrons. The van der Waals surface area contributed by atoms with Gasteiger partial charge in [0.25, 0.3) is 0 Å². The Bertz CT molecular complexity index is 1090. The lowest BCUT2D eigenvalue weighted by Crippen LogP contribution is -2.29. The summed E-state index contributed by atoms with van der Waals surface area (Å²) in [5.74, 6) is 2.48. The maximum atomic E-state index is 12.4. The van der Waals surface area contributed by atoms with Crippen LogP contribution in [0.3, 0.4) is 0 Å². The van der Waals surface area contributed by atoms with Gasteiger partial charge in [0, 0.05) is 30.3 Å². The van der Waals surface area contributed by atoms with Crippen molar-refractivity contribution in [2.75, 3.05) is 12.3 Å². The predicted octanol–water partition coefficient (Wildman–Crippen LogP) is 4.82. The number of aromatic nitrogens is 3. The molecule has 4 rings (SSSR count). The van der Waals surface area contributed by atoms with Gasteiger partial charge in [-0.1, -0.05) is 55.5 Å². The summed E-state index contributed by atoms with van der Waals surface area (Å²) in [5, 5.41) is 7.67. The van der Waals surface area contributed by atoms with Gasteiger partial charge >= 0.3 is 0 Å². The number of nitrogens with zero attached hydrogens (tertiary/aromatic N) is 3. The van der Waals surface area contributed by atoms with E-state index in [4.69, 9.17) is 0 Å². The van der Waals surface area contributed by atoms with Crippen molar-refractivity contribution >= 4 is 17.7 Å². The highest BCUT2D eigenvalue weighted by molar-refractivity contribution is 7.99. The van der Waals surface area contributed by atoms with Gasteiger partial charge in [-0.3, -0.25) is 4.79 Å². The minimum atomic E-state index is 0.0609. The molecule has 0 radical (unpaired) electrons. The average Bonchev–Trinajstić information content (AvgIpc) is 3.48. The van der Waals surface area contributed by atoms with E-state index in [1.807, 2.05) is 83.9 Å². The number of amides is 1. The van der Waals surface area contributed by atoms with Crippen LogP contribution < -0.4 is 5.32 Å². The zero-order chi connectivity index (χ0) is 21.5. The fourth-order valence-corrected chi connectivity index (χ4v) is 4.27. The zero-order valence-electron chi connectivity index (χ0n) is 17.5. The van der Waals surface area contributed by atoms with E-state index in [1.54, 1.807) is 11.8 Å². The molecule has 4 aromatic rings. The van der Waals surface area contributed by atoms with Crippen molar-refractivity contribution in [3.8, 4) is 11.5 Å². The first kappa shape index (κ1) is 21.0.